The third kappa shape index (κ3) is 3.23. The first kappa shape index (κ1) is 13.8. The lowest BCUT2D eigenvalue weighted by atomic mass is 10.1. The molecule has 102 valence electrons. The molecule has 2 rings (SSSR count). The number of rotatable bonds is 3. The number of anilines is 2. The Bertz CT molecular complexity index is 606. The standard InChI is InChI=1S/C16H16N2O2/c1-12(19)13-8-10-14(11-9-13)17-16(20)18(2)15-6-4-3-5-7-15/h3-11H,1-2H3,(H,17,20). The average molecular weight is 268 g/mol. The number of hydrogen-bond donors (Lipinski definition) is 1. The van der Waals surface area contributed by atoms with Gasteiger partial charge < -0.3 is 5.32 Å². The molecule has 0 spiro atoms. The van der Waals surface area contributed by atoms with Crippen LogP contribution in [0.1, 0.15) is 17.3 Å². The second-order valence-electron chi connectivity index (χ2n) is 4.46. The van der Waals surface area contributed by atoms with E-state index in [-0.39, 0.29) is 11.8 Å². The highest BCUT2D eigenvalue weighted by Crippen LogP contribution is 2.14. The predicted octanol–water partition coefficient (Wildman–Crippen LogP) is 3.56. The van der Waals surface area contributed by atoms with Crippen LogP contribution in [-0.2, 0) is 0 Å². The molecule has 2 aromatic carbocycles. The number of Topliss-reactive ketones (excluding diaryl/α,β-unsaturated/α-hetero) is 1. The molecule has 4 heteroatoms. The highest BCUT2D eigenvalue weighted by atomic mass is 16.2. The van der Waals surface area contributed by atoms with Gasteiger partial charge in [0.25, 0.3) is 0 Å². The molecular weight excluding hydrogens is 252 g/mol. The molecule has 0 saturated heterocycles. The van der Waals surface area contributed by atoms with Crippen molar-refractivity contribution >= 4 is 23.2 Å². The van der Waals surface area contributed by atoms with Crippen molar-refractivity contribution < 1.29 is 9.59 Å². The van der Waals surface area contributed by atoms with E-state index in [9.17, 15) is 9.59 Å². The minimum absolute atomic E-state index is 0.00396. The van der Waals surface area contributed by atoms with Crippen molar-refractivity contribution in [3.05, 3.63) is 60.2 Å². The molecule has 0 aliphatic carbocycles. The second kappa shape index (κ2) is 6.02. The fourth-order valence-electron chi connectivity index (χ4n) is 1.76. The highest BCUT2D eigenvalue weighted by Gasteiger charge is 2.10. The Morgan fingerprint density at radius 3 is 2.10 bits per heavy atom. The zero-order valence-electron chi connectivity index (χ0n) is 11.5. The van der Waals surface area contributed by atoms with Gasteiger partial charge in [0.05, 0.1) is 0 Å². The molecule has 0 saturated carbocycles. The lowest BCUT2D eigenvalue weighted by Crippen LogP contribution is -2.31. The predicted molar refractivity (Wildman–Crippen MR) is 80.3 cm³/mol. The Hall–Kier alpha value is -2.62. The SMILES string of the molecule is CC(=O)c1ccc(NC(=O)N(C)c2ccccc2)cc1. The van der Waals surface area contributed by atoms with Crippen LogP contribution in [0.4, 0.5) is 16.2 Å². The quantitative estimate of drug-likeness (QED) is 0.865. The van der Waals surface area contributed by atoms with E-state index in [1.165, 1.54) is 11.8 Å². The van der Waals surface area contributed by atoms with Crippen LogP contribution in [0, 0.1) is 0 Å². The van der Waals surface area contributed by atoms with Crippen molar-refractivity contribution in [2.24, 2.45) is 0 Å². The van der Waals surface area contributed by atoms with Gasteiger partial charge in [-0.2, -0.15) is 0 Å². The number of carbonyl (C=O) groups excluding carboxylic acids is 2. The Morgan fingerprint density at radius 2 is 1.55 bits per heavy atom. The molecule has 0 heterocycles. The molecule has 0 unspecified atom stereocenters. The van der Waals surface area contributed by atoms with Crippen LogP contribution < -0.4 is 10.2 Å². The Kier molecular flexibility index (Phi) is 4.15. The maximum absolute atomic E-state index is 12.1. The Balaban J connectivity index is 2.06. The molecule has 20 heavy (non-hydrogen) atoms. The van der Waals surface area contributed by atoms with Crippen LogP contribution in [0.15, 0.2) is 54.6 Å². The van der Waals surface area contributed by atoms with Gasteiger partial charge in [-0.15, -0.1) is 0 Å². The number of urea groups is 1. The first-order valence-corrected chi connectivity index (χ1v) is 6.28. The van der Waals surface area contributed by atoms with Crippen LogP contribution in [0.3, 0.4) is 0 Å². The number of para-hydroxylation sites is 1. The lowest BCUT2D eigenvalue weighted by Gasteiger charge is -2.18. The summed E-state index contributed by atoms with van der Waals surface area (Å²) in [5.41, 5.74) is 2.09. The van der Waals surface area contributed by atoms with Gasteiger partial charge in [0, 0.05) is 24.0 Å². The third-order valence-electron chi connectivity index (χ3n) is 2.99. The number of carbonyl (C=O) groups is 2. The summed E-state index contributed by atoms with van der Waals surface area (Å²) >= 11 is 0. The van der Waals surface area contributed by atoms with E-state index in [4.69, 9.17) is 0 Å². The lowest BCUT2D eigenvalue weighted by molar-refractivity contribution is 0.101. The third-order valence-corrected chi connectivity index (χ3v) is 2.99. The van der Waals surface area contributed by atoms with E-state index in [1.54, 1.807) is 31.3 Å². The second-order valence-corrected chi connectivity index (χ2v) is 4.46. The highest BCUT2D eigenvalue weighted by molar-refractivity contribution is 6.01. The fraction of sp³-hybridized carbons (Fsp3) is 0.125. The van der Waals surface area contributed by atoms with Crippen molar-refractivity contribution in [3.63, 3.8) is 0 Å². The van der Waals surface area contributed by atoms with Crippen LogP contribution in [0.2, 0.25) is 0 Å². The van der Waals surface area contributed by atoms with Gasteiger partial charge in [-0.05, 0) is 43.3 Å². The van der Waals surface area contributed by atoms with Crippen LogP contribution in [-0.4, -0.2) is 18.9 Å². The van der Waals surface area contributed by atoms with E-state index < -0.39 is 0 Å². The molecule has 0 fully saturated rings. The van der Waals surface area contributed by atoms with Crippen molar-refractivity contribution in [1.29, 1.82) is 0 Å². The first-order valence-electron chi connectivity index (χ1n) is 6.28. The number of ketones is 1. The summed E-state index contributed by atoms with van der Waals surface area (Å²) in [5, 5.41) is 2.78. The molecule has 0 aliphatic heterocycles. The summed E-state index contributed by atoms with van der Waals surface area (Å²) in [6, 6.07) is 16.0. The monoisotopic (exact) mass is 268 g/mol. The molecule has 0 bridgehead atoms. The molecule has 4 nitrogen and oxygen atoms in total. The normalized spacial score (nSPS) is 9.90. The van der Waals surface area contributed by atoms with Gasteiger partial charge in [-0.25, -0.2) is 4.79 Å². The summed E-state index contributed by atoms with van der Waals surface area (Å²) in [4.78, 5) is 24.8. The zero-order chi connectivity index (χ0) is 14.5. The van der Waals surface area contributed by atoms with Gasteiger partial charge in [0.2, 0.25) is 0 Å². The van der Waals surface area contributed by atoms with E-state index in [0.29, 0.717) is 11.3 Å². The summed E-state index contributed by atoms with van der Waals surface area (Å²) in [6.07, 6.45) is 0. The van der Waals surface area contributed by atoms with Gasteiger partial charge in [-0.1, -0.05) is 18.2 Å². The molecule has 0 aliphatic rings. The number of amides is 2. The van der Waals surface area contributed by atoms with Gasteiger partial charge in [0.15, 0.2) is 5.78 Å². The summed E-state index contributed by atoms with van der Waals surface area (Å²) in [5.74, 6) is 0.00396. The summed E-state index contributed by atoms with van der Waals surface area (Å²) < 4.78 is 0. The minimum atomic E-state index is -0.230. The van der Waals surface area contributed by atoms with Gasteiger partial charge >= 0.3 is 6.03 Å². The number of hydrogen-bond acceptors (Lipinski definition) is 2. The zero-order valence-corrected chi connectivity index (χ0v) is 11.5. The van der Waals surface area contributed by atoms with Crippen molar-refractivity contribution in [1.82, 2.24) is 0 Å². The molecule has 2 aromatic rings. The number of benzene rings is 2. The van der Waals surface area contributed by atoms with Crippen LogP contribution in [0.25, 0.3) is 0 Å². The van der Waals surface area contributed by atoms with Crippen LogP contribution >= 0.6 is 0 Å². The van der Waals surface area contributed by atoms with E-state index >= 15 is 0 Å². The van der Waals surface area contributed by atoms with Crippen molar-refractivity contribution in [2.45, 2.75) is 6.92 Å². The molecule has 0 atom stereocenters. The summed E-state index contributed by atoms with van der Waals surface area (Å²) in [7, 11) is 1.70. The number of nitrogens with zero attached hydrogens (tertiary/aromatic N) is 1. The molecule has 0 radical (unpaired) electrons. The smallest absolute Gasteiger partial charge is 0.308 e. The number of nitrogens with one attached hydrogen (secondary N) is 1. The maximum Gasteiger partial charge on any atom is 0.326 e. The average Bonchev–Trinajstić information content (AvgIpc) is 2.48. The molecule has 1 N–H and O–H groups in total. The van der Waals surface area contributed by atoms with E-state index in [0.717, 1.165) is 5.69 Å². The van der Waals surface area contributed by atoms with Crippen molar-refractivity contribution in [2.75, 3.05) is 17.3 Å². The maximum atomic E-state index is 12.1. The molecule has 0 aromatic heterocycles. The Labute approximate surface area is 118 Å². The Morgan fingerprint density at radius 1 is 0.950 bits per heavy atom. The van der Waals surface area contributed by atoms with Crippen molar-refractivity contribution in [3.8, 4) is 0 Å². The van der Waals surface area contributed by atoms with Gasteiger partial charge in [-0.3, -0.25) is 9.69 Å². The topological polar surface area (TPSA) is 49.4 Å². The largest absolute Gasteiger partial charge is 0.326 e. The molecular formula is C16H16N2O2. The first-order chi connectivity index (χ1) is 9.58. The van der Waals surface area contributed by atoms with E-state index in [2.05, 4.69) is 5.32 Å². The van der Waals surface area contributed by atoms with Crippen LogP contribution in [0.5, 0.6) is 0 Å². The minimum Gasteiger partial charge on any atom is -0.308 e. The van der Waals surface area contributed by atoms with Gasteiger partial charge in [0.1, 0.15) is 0 Å². The fourth-order valence-corrected chi connectivity index (χ4v) is 1.76. The summed E-state index contributed by atoms with van der Waals surface area (Å²) in [6.45, 7) is 1.51. The molecule has 2 amide bonds. The van der Waals surface area contributed by atoms with E-state index in [1.807, 2.05) is 30.3 Å².